The summed E-state index contributed by atoms with van der Waals surface area (Å²) in [5, 5.41) is 9.76. The number of amides is 1. The van der Waals surface area contributed by atoms with Gasteiger partial charge in [-0.2, -0.15) is 5.10 Å². The second-order valence-electron chi connectivity index (χ2n) is 6.51. The molecule has 1 aromatic carbocycles. The van der Waals surface area contributed by atoms with E-state index in [-0.39, 0.29) is 5.91 Å². The van der Waals surface area contributed by atoms with Crippen LogP contribution >= 0.6 is 11.3 Å². The molecule has 2 N–H and O–H groups in total. The second kappa shape index (κ2) is 8.47. The number of carbonyl (C=O) groups is 1. The van der Waals surface area contributed by atoms with Crippen molar-refractivity contribution in [1.82, 2.24) is 15.1 Å². The summed E-state index contributed by atoms with van der Waals surface area (Å²) in [5.74, 6) is -0.0955. The molecule has 4 rings (SSSR count). The van der Waals surface area contributed by atoms with Gasteiger partial charge in [-0.3, -0.25) is 4.79 Å². The summed E-state index contributed by atoms with van der Waals surface area (Å²) in [6.45, 7) is 5.15. The number of para-hydroxylation sites is 1. The van der Waals surface area contributed by atoms with Crippen LogP contribution in [0.3, 0.4) is 0 Å². The molecule has 0 spiro atoms. The highest BCUT2D eigenvalue weighted by Gasteiger charge is 2.19. The highest BCUT2D eigenvalue weighted by atomic mass is 32.1. The molecule has 0 radical (unpaired) electrons. The maximum atomic E-state index is 12.9. The van der Waals surface area contributed by atoms with E-state index in [0.29, 0.717) is 12.2 Å². The smallest absolute Gasteiger partial charge is 0.270 e. The fraction of sp³-hybridized carbons (Fsp3) is 0.300. The molecular weight excluding hydrogens is 360 g/mol. The Morgan fingerprint density at radius 2 is 2.00 bits per heavy atom. The van der Waals surface area contributed by atoms with E-state index < -0.39 is 0 Å². The van der Waals surface area contributed by atoms with Crippen molar-refractivity contribution in [3.8, 4) is 16.3 Å². The first-order valence-corrected chi connectivity index (χ1v) is 10.1. The van der Waals surface area contributed by atoms with Crippen molar-refractivity contribution in [2.45, 2.75) is 0 Å². The third kappa shape index (κ3) is 4.27. The predicted molar refractivity (Wildman–Crippen MR) is 106 cm³/mol. The number of aromatic nitrogens is 2. The zero-order valence-corrected chi connectivity index (χ0v) is 15.9. The Labute approximate surface area is 162 Å². The lowest BCUT2D eigenvalue weighted by Gasteiger charge is -2.23. The standard InChI is InChI=1S/C20H22N4O2S/c25-20(21-8-9-23-10-12-26-13-11-23)18-15-17(19-7-4-14-27-19)22-24(18)16-5-2-1-3-6-16/h1-7,14-15H,8-13H2,(H,21,25)/p+1. The Hall–Kier alpha value is -2.48. The lowest BCUT2D eigenvalue weighted by Crippen LogP contribution is -3.14. The van der Waals surface area contributed by atoms with Gasteiger partial charge in [0.15, 0.2) is 0 Å². The van der Waals surface area contributed by atoms with Gasteiger partial charge in [-0.1, -0.05) is 24.3 Å². The number of quaternary nitrogens is 1. The van der Waals surface area contributed by atoms with Crippen LogP contribution in [-0.2, 0) is 4.74 Å². The average Bonchev–Trinajstić information content (AvgIpc) is 3.39. The summed E-state index contributed by atoms with van der Waals surface area (Å²) in [6, 6.07) is 15.7. The number of morpholine rings is 1. The van der Waals surface area contributed by atoms with Crippen LogP contribution in [0.5, 0.6) is 0 Å². The Morgan fingerprint density at radius 3 is 2.74 bits per heavy atom. The molecular formula is C20H23N4O2S+. The van der Waals surface area contributed by atoms with Gasteiger partial charge in [0.05, 0.1) is 36.9 Å². The molecule has 2 aromatic heterocycles. The van der Waals surface area contributed by atoms with E-state index in [1.165, 1.54) is 4.90 Å². The normalized spacial score (nSPS) is 15.0. The largest absolute Gasteiger partial charge is 0.370 e. The SMILES string of the molecule is O=C(NCC[NH+]1CCOCC1)c1cc(-c2cccs2)nn1-c1ccccc1. The lowest BCUT2D eigenvalue weighted by molar-refractivity contribution is -0.906. The summed E-state index contributed by atoms with van der Waals surface area (Å²) in [6.07, 6.45) is 0. The number of nitrogens with one attached hydrogen (secondary N) is 2. The molecule has 1 aliphatic heterocycles. The molecule has 0 bridgehead atoms. The van der Waals surface area contributed by atoms with E-state index in [1.807, 2.05) is 53.9 Å². The van der Waals surface area contributed by atoms with Crippen molar-refractivity contribution >= 4 is 17.2 Å². The fourth-order valence-electron chi connectivity index (χ4n) is 3.21. The van der Waals surface area contributed by atoms with Gasteiger partial charge < -0.3 is 15.0 Å². The van der Waals surface area contributed by atoms with Crippen molar-refractivity contribution in [3.05, 3.63) is 59.6 Å². The molecule has 3 heterocycles. The highest BCUT2D eigenvalue weighted by molar-refractivity contribution is 7.13. The zero-order valence-electron chi connectivity index (χ0n) is 15.1. The van der Waals surface area contributed by atoms with Crippen LogP contribution in [0.25, 0.3) is 16.3 Å². The molecule has 1 amide bonds. The summed E-state index contributed by atoms with van der Waals surface area (Å²) < 4.78 is 7.11. The Kier molecular flexibility index (Phi) is 5.62. The van der Waals surface area contributed by atoms with Gasteiger partial charge in [0.1, 0.15) is 24.5 Å². The average molecular weight is 383 g/mol. The summed E-state index contributed by atoms with van der Waals surface area (Å²) in [7, 11) is 0. The van der Waals surface area contributed by atoms with Crippen molar-refractivity contribution in [2.24, 2.45) is 0 Å². The minimum absolute atomic E-state index is 0.0955. The monoisotopic (exact) mass is 383 g/mol. The molecule has 0 atom stereocenters. The third-order valence-electron chi connectivity index (χ3n) is 4.68. The van der Waals surface area contributed by atoms with E-state index in [1.54, 1.807) is 16.0 Å². The number of nitrogens with zero attached hydrogens (tertiary/aromatic N) is 2. The maximum Gasteiger partial charge on any atom is 0.270 e. The van der Waals surface area contributed by atoms with Crippen molar-refractivity contribution < 1.29 is 14.4 Å². The van der Waals surface area contributed by atoms with Gasteiger partial charge in [-0.15, -0.1) is 11.3 Å². The number of carbonyl (C=O) groups excluding carboxylic acids is 1. The minimum Gasteiger partial charge on any atom is -0.370 e. The number of thiophene rings is 1. The van der Waals surface area contributed by atoms with Gasteiger partial charge in [0.25, 0.3) is 5.91 Å². The molecule has 0 saturated carbocycles. The molecule has 140 valence electrons. The van der Waals surface area contributed by atoms with Gasteiger partial charge in [-0.25, -0.2) is 4.68 Å². The first-order chi connectivity index (χ1) is 13.3. The van der Waals surface area contributed by atoms with Gasteiger partial charge >= 0.3 is 0 Å². The molecule has 6 nitrogen and oxygen atoms in total. The van der Waals surface area contributed by atoms with E-state index in [4.69, 9.17) is 4.74 Å². The van der Waals surface area contributed by atoms with E-state index in [2.05, 4.69) is 10.4 Å². The molecule has 1 aliphatic rings. The molecule has 27 heavy (non-hydrogen) atoms. The molecule has 1 saturated heterocycles. The molecule has 1 fully saturated rings. The fourth-order valence-corrected chi connectivity index (χ4v) is 3.89. The van der Waals surface area contributed by atoms with E-state index in [9.17, 15) is 4.79 Å². The molecule has 0 unspecified atom stereocenters. The number of rotatable bonds is 6. The topological polar surface area (TPSA) is 60.6 Å². The van der Waals surface area contributed by atoms with Crippen LogP contribution in [0.1, 0.15) is 10.5 Å². The van der Waals surface area contributed by atoms with Crippen molar-refractivity contribution in [2.75, 3.05) is 39.4 Å². The highest BCUT2D eigenvalue weighted by Crippen LogP contribution is 2.25. The van der Waals surface area contributed by atoms with Gasteiger partial charge in [0, 0.05) is 0 Å². The minimum atomic E-state index is -0.0955. The summed E-state index contributed by atoms with van der Waals surface area (Å²) in [5.41, 5.74) is 2.25. The third-order valence-corrected chi connectivity index (χ3v) is 5.57. The quantitative estimate of drug-likeness (QED) is 0.674. The second-order valence-corrected chi connectivity index (χ2v) is 7.46. The first-order valence-electron chi connectivity index (χ1n) is 9.20. The Morgan fingerprint density at radius 1 is 1.19 bits per heavy atom. The van der Waals surface area contributed by atoms with Gasteiger partial charge in [-0.05, 0) is 29.6 Å². The van der Waals surface area contributed by atoms with E-state index >= 15 is 0 Å². The van der Waals surface area contributed by atoms with E-state index in [0.717, 1.165) is 49.1 Å². The van der Waals surface area contributed by atoms with Crippen LogP contribution < -0.4 is 10.2 Å². The molecule has 3 aromatic rings. The van der Waals surface area contributed by atoms with Crippen molar-refractivity contribution in [3.63, 3.8) is 0 Å². The molecule has 0 aliphatic carbocycles. The number of benzene rings is 1. The zero-order chi connectivity index (χ0) is 18.5. The van der Waals surface area contributed by atoms with Crippen LogP contribution in [0.15, 0.2) is 53.9 Å². The van der Waals surface area contributed by atoms with Crippen LogP contribution in [0, 0.1) is 0 Å². The first kappa shape index (κ1) is 17.9. The molecule has 7 heteroatoms. The van der Waals surface area contributed by atoms with Crippen LogP contribution in [0.4, 0.5) is 0 Å². The van der Waals surface area contributed by atoms with Crippen LogP contribution in [0.2, 0.25) is 0 Å². The predicted octanol–water partition coefficient (Wildman–Crippen LogP) is 1.25. The Balaban J connectivity index is 1.52. The number of hydrogen-bond donors (Lipinski definition) is 2. The number of hydrogen-bond acceptors (Lipinski definition) is 4. The van der Waals surface area contributed by atoms with Crippen molar-refractivity contribution in [1.29, 1.82) is 0 Å². The van der Waals surface area contributed by atoms with Gasteiger partial charge in [0.2, 0.25) is 0 Å². The summed E-state index contributed by atoms with van der Waals surface area (Å²) in [4.78, 5) is 15.4. The Bertz CT molecular complexity index is 871. The lowest BCUT2D eigenvalue weighted by atomic mass is 10.3. The maximum absolute atomic E-state index is 12.9. The summed E-state index contributed by atoms with van der Waals surface area (Å²) >= 11 is 1.62. The van der Waals surface area contributed by atoms with Crippen LogP contribution in [-0.4, -0.2) is 55.1 Å². The number of ether oxygens (including phenoxy) is 1.